The first-order valence-corrected chi connectivity index (χ1v) is 6.34. The SMILES string of the molecule is O=C(O)N1CCN(c2cccc3c2CCN3)CC1. The first-order chi connectivity index (χ1) is 8.75. The number of piperazine rings is 1. The molecule has 96 valence electrons. The third-order valence-electron chi connectivity index (χ3n) is 3.73. The van der Waals surface area contributed by atoms with Crippen molar-refractivity contribution in [1.82, 2.24) is 4.90 Å². The van der Waals surface area contributed by atoms with Crippen molar-refractivity contribution in [3.63, 3.8) is 0 Å². The Bertz CT molecular complexity index is 467. The maximum absolute atomic E-state index is 10.9. The van der Waals surface area contributed by atoms with Gasteiger partial charge in [0.2, 0.25) is 0 Å². The van der Waals surface area contributed by atoms with Crippen molar-refractivity contribution in [2.75, 3.05) is 42.9 Å². The molecule has 2 aliphatic rings. The van der Waals surface area contributed by atoms with E-state index in [1.807, 2.05) is 0 Å². The van der Waals surface area contributed by atoms with Gasteiger partial charge in [0.1, 0.15) is 0 Å². The third kappa shape index (κ3) is 1.85. The summed E-state index contributed by atoms with van der Waals surface area (Å²) in [4.78, 5) is 14.7. The Labute approximate surface area is 106 Å². The molecule has 0 atom stereocenters. The van der Waals surface area contributed by atoms with E-state index in [1.165, 1.54) is 21.8 Å². The lowest BCUT2D eigenvalue weighted by atomic mass is 10.1. The molecule has 1 amide bonds. The maximum Gasteiger partial charge on any atom is 0.407 e. The van der Waals surface area contributed by atoms with Crippen molar-refractivity contribution < 1.29 is 9.90 Å². The maximum atomic E-state index is 10.9. The summed E-state index contributed by atoms with van der Waals surface area (Å²) >= 11 is 0. The van der Waals surface area contributed by atoms with E-state index in [9.17, 15) is 4.79 Å². The normalized spacial score (nSPS) is 18.4. The minimum atomic E-state index is -0.811. The van der Waals surface area contributed by atoms with Gasteiger partial charge in [0.15, 0.2) is 0 Å². The molecule has 18 heavy (non-hydrogen) atoms. The molecule has 0 spiro atoms. The molecule has 0 saturated carbocycles. The zero-order chi connectivity index (χ0) is 12.5. The van der Waals surface area contributed by atoms with Crippen molar-refractivity contribution in [3.8, 4) is 0 Å². The van der Waals surface area contributed by atoms with Crippen LogP contribution in [0.5, 0.6) is 0 Å². The highest BCUT2D eigenvalue weighted by Crippen LogP contribution is 2.32. The van der Waals surface area contributed by atoms with Crippen LogP contribution in [-0.4, -0.2) is 48.8 Å². The van der Waals surface area contributed by atoms with Gasteiger partial charge in [-0.2, -0.15) is 0 Å². The number of nitrogens with one attached hydrogen (secondary N) is 1. The van der Waals surface area contributed by atoms with E-state index in [4.69, 9.17) is 5.11 Å². The molecule has 2 heterocycles. The van der Waals surface area contributed by atoms with Gasteiger partial charge in [-0.25, -0.2) is 4.79 Å². The predicted molar refractivity (Wildman–Crippen MR) is 70.4 cm³/mol. The van der Waals surface area contributed by atoms with Crippen LogP contribution < -0.4 is 10.2 Å². The molecule has 2 N–H and O–H groups in total. The highest BCUT2D eigenvalue weighted by molar-refractivity contribution is 5.70. The number of carbonyl (C=O) groups is 1. The quantitative estimate of drug-likeness (QED) is 0.788. The lowest BCUT2D eigenvalue weighted by molar-refractivity contribution is 0.142. The van der Waals surface area contributed by atoms with E-state index in [0.717, 1.165) is 26.1 Å². The van der Waals surface area contributed by atoms with Crippen LogP contribution in [-0.2, 0) is 6.42 Å². The lowest BCUT2D eigenvalue weighted by Gasteiger charge is -2.35. The molecule has 3 rings (SSSR count). The van der Waals surface area contributed by atoms with E-state index in [-0.39, 0.29) is 0 Å². The Kier molecular flexibility index (Phi) is 2.74. The third-order valence-corrected chi connectivity index (χ3v) is 3.73. The van der Waals surface area contributed by atoms with Crippen molar-refractivity contribution in [3.05, 3.63) is 23.8 Å². The van der Waals surface area contributed by atoms with Gasteiger partial charge in [0.25, 0.3) is 0 Å². The second kappa shape index (κ2) is 4.40. The summed E-state index contributed by atoms with van der Waals surface area (Å²) in [5.41, 5.74) is 3.87. The average molecular weight is 247 g/mol. The molecular weight excluding hydrogens is 230 g/mol. The van der Waals surface area contributed by atoms with Gasteiger partial charge in [-0.1, -0.05) is 6.07 Å². The molecule has 0 unspecified atom stereocenters. The van der Waals surface area contributed by atoms with Crippen LogP contribution in [0.25, 0.3) is 0 Å². The summed E-state index contributed by atoms with van der Waals surface area (Å²) in [5, 5.41) is 12.3. The van der Waals surface area contributed by atoms with Gasteiger partial charge >= 0.3 is 6.09 Å². The fraction of sp³-hybridized carbons (Fsp3) is 0.462. The fourth-order valence-electron chi connectivity index (χ4n) is 2.76. The standard InChI is InChI=1S/C13H17N3O2/c17-13(18)16-8-6-15(7-9-16)12-3-1-2-11-10(12)4-5-14-11/h1-3,14H,4-9H2,(H,17,18). The molecule has 5 heteroatoms. The summed E-state index contributed by atoms with van der Waals surface area (Å²) < 4.78 is 0. The van der Waals surface area contributed by atoms with Gasteiger partial charge in [0, 0.05) is 49.7 Å². The van der Waals surface area contributed by atoms with Crippen molar-refractivity contribution in [2.24, 2.45) is 0 Å². The average Bonchev–Trinajstić information content (AvgIpc) is 2.87. The highest BCUT2D eigenvalue weighted by Gasteiger charge is 2.23. The number of anilines is 2. The minimum Gasteiger partial charge on any atom is -0.465 e. The molecule has 0 bridgehead atoms. The minimum absolute atomic E-state index is 0.590. The van der Waals surface area contributed by atoms with Gasteiger partial charge in [-0.05, 0) is 18.6 Å². The Morgan fingerprint density at radius 3 is 2.72 bits per heavy atom. The fourth-order valence-corrected chi connectivity index (χ4v) is 2.76. The van der Waals surface area contributed by atoms with Crippen molar-refractivity contribution in [2.45, 2.75) is 6.42 Å². The molecule has 0 radical (unpaired) electrons. The number of fused-ring (bicyclic) bond motifs is 1. The summed E-state index contributed by atoms with van der Waals surface area (Å²) in [6, 6.07) is 6.32. The second-order valence-corrected chi connectivity index (χ2v) is 4.74. The number of carboxylic acid groups (broad SMARTS) is 1. The van der Waals surface area contributed by atoms with Crippen LogP contribution in [0.1, 0.15) is 5.56 Å². The first-order valence-electron chi connectivity index (χ1n) is 6.34. The summed E-state index contributed by atoms with van der Waals surface area (Å²) in [6.07, 6.45) is 0.250. The van der Waals surface area contributed by atoms with Crippen LogP contribution in [0.3, 0.4) is 0 Å². The molecule has 1 aromatic rings. The molecule has 1 fully saturated rings. The van der Waals surface area contributed by atoms with Gasteiger partial charge in [0.05, 0.1) is 0 Å². The van der Waals surface area contributed by atoms with Crippen molar-refractivity contribution in [1.29, 1.82) is 0 Å². The van der Waals surface area contributed by atoms with E-state index < -0.39 is 6.09 Å². The van der Waals surface area contributed by atoms with Gasteiger partial charge in [-0.15, -0.1) is 0 Å². The Balaban J connectivity index is 1.77. The van der Waals surface area contributed by atoms with E-state index in [0.29, 0.717) is 13.1 Å². The monoisotopic (exact) mass is 247 g/mol. The molecule has 0 aliphatic carbocycles. The summed E-state index contributed by atoms with van der Waals surface area (Å²) in [6.45, 7) is 3.74. The highest BCUT2D eigenvalue weighted by atomic mass is 16.4. The Morgan fingerprint density at radius 2 is 2.00 bits per heavy atom. The molecule has 1 saturated heterocycles. The predicted octanol–water partition coefficient (Wildman–Crippen LogP) is 1.45. The smallest absolute Gasteiger partial charge is 0.407 e. The summed E-state index contributed by atoms with van der Waals surface area (Å²) in [5.74, 6) is 0. The number of benzene rings is 1. The number of hydrogen-bond donors (Lipinski definition) is 2. The second-order valence-electron chi connectivity index (χ2n) is 4.74. The van der Waals surface area contributed by atoms with Gasteiger partial charge in [-0.3, -0.25) is 0 Å². The van der Waals surface area contributed by atoms with Crippen LogP contribution >= 0.6 is 0 Å². The van der Waals surface area contributed by atoms with Crippen molar-refractivity contribution >= 4 is 17.5 Å². The first kappa shape index (κ1) is 11.2. The lowest BCUT2D eigenvalue weighted by Crippen LogP contribution is -2.48. The van der Waals surface area contributed by atoms with E-state index in [2.05, 4.69) is 28.4 Å². The zero-order valence-electron chi connectivity index (χ0n) is 10.2. The number of amides is 1. The molecule has 1 aromatic carbocycles. The van der Waals surface area contributed by atoms with Crippen LogP contribution in [0.4, 0.5) is 16.2 Å². The zero-order valence-corrected chi connectivity index (χ0v) is 10.2. The molecule has 0 aromatic heterocycles. The van der Waals surface area contributed by atoms with Crippen LogP contribution in [0.2, 0.25) is 0 Å². The van der Waals surface area contributed by atoms with E-state index in [1.54, 1.807) is 0 Å². The molecule has 2 aliphatic heterocycles. The topological polar surface area (TPSA) is 55.8 Å². The molecule has 5 nitrogen and oxygen atoms in total. The summed E-state index contributed by atoms with van der Waals surface area (Å²) in [7, 11) is 0. The molecular formula is C13H17N3O2. The van der Waals surface area contributed by atoms with Crippen LogP contribution in [0.15, 0.2) is 18.2 Å². The number of nitrogens with zero attached hydrogens (tertiary/aromatic N) is 2. The Hall–Kier alpha value is -1.91. The van der Waals surface area contributed by atoms with Crippen LogP contribution in [0, 0.1) is 0 Å². The number of rotatable bonds is 1. The van der Waals surface area contributed by atoms with E-state index >= 15 is 0 Å². The van der Waals surface area contributed by atoms with Gasteiger partial charge < -0.3 is 20.2 Å². The largest absolute Gasteiger partial charge is 0.465 e. The number of hydrogen-bond acceptors (Lipinski definition) is 3. The Morgan fingerprint density at radius 1 is 1.22 bits per heavy atom.